The van der Waals surface area contributed by atoms with Crippen LogP contribution in [0.5, 0.6) is 0 Å². The van der Waals surface area contributed by atoms with Crippen molar-refractivity contribution < 1.29 is 19.1 Å². The second-order valence-electron chi connectivity index (χ2n) is 2.49. The minimum absolute atomic E-state index is 0.144. The molecule has 14 heavy (non-hydrogen) atoms. The molecule has 1 fully saturated rings. The van der Waals surface area contributed by atoms with E-state index in [-0.39, 0.29) is 17.8 Å². The van der Waals surface area contributed by atoms with E-state index in [1.165, 1.54) is 6.92 Å². The fraction of sp³-hybridized carbons (Fsp3) is 0.625. The Morgan fingerprint density at radius 2 is 1.86 bits per heavy atom. The van der Waals surface area contributed by atoms with Crippen LogP contribution in [0.2, 0.25) is 0 Å². The molecule has 1 aliphatic heterocycles. The van der Waals surface area contributed by atoms with Gasteiger partial charge in [0.15, 0.2) is 0 Å². The number of nitrogens with zero attached hydrogens (tertiary/aromatic N) is 1. The molecule has 6 heteroatoms. The Hall–Kier alpha value is -0.910. The normalized spacial score (nSPS) is 14.9. The van der Waals surface area contributed by atoms with Crippen molar-refractivity contribution >= 4 is 33.9 Å². The molecule has 1 heterocycles. The fourth-order valence-electron chi connectivity index (χ4n) is 0.753. The molecule has 0 N–H and O–H groups in total. The molecule has 5 nitrogen and oxygen atoms in total. The lowest BCUT2D eigenvalue weighted by atomic mass is 10.4. The Morgan fingerprint density at radius 3 is 1.93 bits per heavy atom. The number of imide groups is 1. The second kappa shape index (κ2) is 6.53. The highest BCUT2D eigenvalue weighted by molar-refractivity contribution is 9.08. The zero-order valence-corrected chi connectivity index (χ0v) is 9.67. The summed E-state index contributed by atoms with van der Waals surface area (Å²) in [5.74, 6) is -0.498. The summed E-state index contributed by atoms with van der Waals surface area (Å²) in [5, 5.41) is 0. The van der Waals surface area contributed by atoms with E-state index in [1.807, 2.05) is 0 Å². The molecule has 0 atom stereocenters. The van der Waals surface area contributed by atoms with Gasteiger partial charge in [-0.15, -0.1) is 0 Å². The van der Waals surface area contributed by atoms with Gasteiger partial charge in [-0.3, -0.25) is 14.4 Å². The molecule has 1 rings (SSSR count). The van der Waals surface area contributed by atoms with Gasteiger partial charge in [-0.1, -0.05) is 0 Å². The molecule has 0 radical (unpaired) electrons. The van der Waals surface area contributed by atoms with Gasteiger partial charge < -0.3 is 4.74 Å². The minimum atomic E-state index is -0.211. The molecule has 0 unspecified atom stereocenters. The van der Waals surface area contributed by atoms with Crippen LogP contribution in [0.1, 0.15) is 26.7 Å². The van der Waals surface area contributed by atoms with E-state index in [0.29, 0.717) is 19.4 Å². The molecule has 0 aromatic rings. The van der Waals surface area contributed by atoms with Crippen LogP contribution in [0.15, 0.2) is 0 Å². The van der Waals surface area contributed by atoms with Gasteiger partial charge in [0, 0.05) is 19.8 Å². The third-order valence-corrected chi connectivity index (χ3v) is 2.13. The quantitative estimate of drug-likeness (QED) is 0.403. The van der Waals surface area contributed by atoms with Gasteiger partial charge >= 0.3 is 5.97 Å². The largest absolute Gasteiger partial charge is 0.466 e. The van der Waals surface area contributed by atoms with Crippen LogP contribution in [-0.2, 0) is 19.1 Å². The molecule has 1 aliphatic rings. The van der Waals surface area contributed by atoms with E-state index in [1.54, 1.807) is 6.92 Å². The number of esters is 1. The lowest BCUT2D eigenvalue weighted by Crippen LogP contribution is -2.16. The Morgan fingerprint density at radius 1 is 1.43 bits per heavy atom. The van der Waals surface area contributed by atoms with Crippen LogP contribution in [0.4, 0.5) is 0 Å². The number of hydrogen-bond acceptors (Lipinski definition) is 4. The third kappa shape index (κ3) is 4.96. The van der Waals surface area contributed by atoms with Gasteiger partial charge in [0.1, 0.15) is 0 Å². The van der Waals surface area contributed by atoms with Crippen molar-refractivity contribution in [1.29, 1.82) is 0 Å². The first-order chi connectivity index (χ1) is 6.49. The summed E-state index contributed by atoms with van der Waals surface area (Å²) in [7, 11) is 0. The number of carbonyl (C=O) groups excluding carboxylic acids is 3. The minimum Gasteiger partial charge on any atom is -0.466 e. The Bertz CT molecular complexity index is 225. The van der Waals surface area contributed by atoms with Crippen LogP contribution in [-0.4, -0.2) is 28.3 Å². The van der Waals surface area contributed by atoms with E-state index >= 15 is 0 Å². The Balaban J connectivity index is 0.000000255. The average Bonchev–Trinajstić information content (AvgIpc) is 2.37. The third-order valence-electron chi connectivity index (χ3n) is 1.34. The lowest BCUT2D eigenvalue weighted by Gasteiger charge is -1.97. The fourth-order valence-corrected chi connectivity index (χ4v) is 1.11. The molecular formula is C8H12BrNO4. The molecule has 1 saturated heterocycles. The monoisotopic (exact) mass is 265 g/mol. The van der Waals surface area contributed by atoms with E-state index in [2.05, 4.69) is 20.9 Å². The number of ether oxygens (including phenoxy) is 1. The summed E-state index contributed by atoms with van der Waals surface area (Å²) in [6, 6.07) is 0. The van der Waals surface area contributed by atoms with Crippen molar-refractivity contribution in [2.75, 3.05) is 6.61 Å². The average molecular weight is 266 g/mol. The van der Waals surface area contributed by atoms with E-state index in [0.717, 1.165) is 3.93 Å². The van der Waals surface area contributed by atoms with E-state index < -0.39 is 0 Å². The van der Waals surface area contributed by atoms with Crippen LogP contribution in [0.25, 0.3) is 0 Å². The maximum absolute atomic E-state index is 10.4. The van der Waals surface area contributed by atoms with Gasteiger partial charge in [-0.05, 0) is 6.92 Å². The predicted molar refractivity (Wildman–Crippen MR) is 52.3 cm³/mol. The molecule has 80 valence electrons. The van der Waals surface area contributed by atoms with Crippen molar-refractivity contribution in [1.82, 2.24) is 3.93 Å². The van der Waals surface area contributed by atoms with Crippen molar-refractivity contribution in [2.45, 2.75) is 26.7 Å². The maximum atomic E-state index is 10.4. The van der Waals surface area contributed by atoms with Gasteiger partial charge in [0.2, 0.25) is 11.8 Å². The van der Waals surface area contributed by atoms with Gasteiger partial charge in [0.05, 0.1) is 22.8 Å². The van der Waals surface area contributed by atoms with Gasteiger partial charge in [-0.2, -0.15) is 0 Å². The second-order valence-corrected chi connectivity index (χ2v) is 3.20. The SMILES string of the molecule is CCOC(C)=O.O=C1CCC(=O)N1Br. The molecule has 0 aromatic carbocycles. The highest BCUT2D eigenvalue weighted by atomic mass is 79.9. The van der Waals surface area contributed by atoms with Gasteiger partial charge in [0.25, 0.3) is 0 Å². The topological polar surface area (TPSA) is 63.7 Å². The zero-order valence-electron chi connectivity index (χ0n) is 8.08. The standard InChI is InChI=1S/C4H4BrNO2.C4H8O2/c5-6-3(7)1-2-4(6)8;1-3-6-4(2)5/h1-2H2;3H2,1-2H3. The first-order valence-electron chi connectivity index (χ1n) is 4.14. The maximum Gasteiger partial charge on any atom is 0.302 e. The van der Waals surface area contributed by atoms with Gasteiger partial charge in [-0.25, -0.2) is 3.93 Å². The number of amides is 2. The van der Waals surface area contributed by atoms with Crippen molar-refractivity contribution in [3.8, 4) is 0 Å². The number of rotatable bonds is 1. The first kappa shape index (κ1) is 13.1. The zero-order chi connectivity index (χ0) is 11.1. The summed E-state index contributed by atoms with van der Waals surface area (Å²) < 4.78 is 5.38. The summed E-state index contributed by atoms with van der Waals surface area (Å²) in [6.45, 7) is 3.65. The summed E-state index contributed by atoms with van der Waals surface area (Å²) >= 11 is 2.80. The Labute approximate surface area is 90.7 Å². The highest BCUT2D eigenvalue weighted by Crippen LogP contribution is 2.14. The Kier molecular flexibility index (Phi) is 6.11. The van der Waals surface area contributed by atoms with Crippen molar-refractivity contribution in [3.05, 3.63) is 0 Å². The summed E-state index contributed by atoms with van der Waals surface area (Å²) in [6.07, 6.45) is 0.703. The van der Waals surface area contributed by atoms with Crippen molar-refractivity contribution in [2.24, 2.45) is 0 Å². The number of hydrogen-bond donors (Lipinski definition) is 0. The van der Waals surface area contributed by atoms with Crippen LogP contribution in [0, 0.1) is 0 Å². The smallest absolute Gasteiger partial charge is 0.302 e. The molecule has 0 saturated carbocycles. The molecule has 0 aliphatic carbocycles. The number of carbonyl (C=O) groups is 3. The molecule has 0 spiro atoms. The van der Waals surface area contributed by atoms with E-state index in [9.17, 15) is 14.4 Å². The van der Waals surface area contributed by atoms with Crippen LogP contribution in [0.3, 0.4) is 0 Å². The lowest BCUT2D eigenvalue weighted by molar-refractivity contribution is -0.140. The van der Waals surface area contributed by atoms with Crippen LogP contribution >= 0.6 is 16.1 Å². The van der Waals surface area contributed by atoms with Crippen molar-refractivity contribution in [3.63, 3.8) is 0 Å². The predicted octanol–water partition coefficient (Wildman–Crippen LogP) is 1.01. The van der Waals surface area contributed by atoms with Crippen LogP contribution < -0.4 is 0 Å². The highest BCUT2D eigenvalue weighted by Gasteiger charge is 2.26. The number of halogens is 1. The first-order valence-corrected chi connectivity index (χ1v) is 4.84. The molecular weight excluding hydrogens is 254 g/mol. The summed E-state index contributed by atoms with van der Waals surface area (Å²) in [4.78, 5) is 30.7. The van der Waals surface area contributed by atoms with E-state index in [4.69, 9.17) is 0 Å². The molecule has 0 bridgehead atoms. The summed E-state index contributed by atoms with van der Waals surface area (Å²) in [5.41, 5.74) is 0. The molecule has 0 aromatic heterocycles. The molecule has 2 amide bonds.